The van der Waals surface area contributed by atoms with Crippen molar-refractivity contribution in [2.24, 2.45) is 11.8 Å². The number of hydrogen-bond donors (Lipinski definition) is 0. The summed E-state index contributed by atoms with van der Waals surface area (Å²) in [5.74, 6) is 1.42. The van der Waals surface area contributed by atoms with Gasteiger partial charge in [-0.2, -0.15) is 0 Å². The van der Waals surface area contributed by atoms with Crippen LogP contribution in [0.5, 0.6) is 0 Å². The second-order valence-electron chi connectivity index (χ2n) is 10.7. The van der Waals surface area contributed by atoms with Crippen molar-refractivity contribution in [2.75, 3.05) is 6.61 Å². The SMILES string of the molecule is CCCCCCCCCCCO[Si](OC1CC(C)CC(C)C1)(c1ccccc1)c1ccccc1. The lowest BCUT2D eigenvalue weighted by atomic mass is 9.82. The van der Waals surface area contributed by atoms with Crippen molar-refractivity contribution in [3.05, 3.63) is 60.7 Å². The van der Waals surface area contributed by atoms with Gasteiger partial charge in [0.25, 0.3) is 0 Å². The molecule has 2 unspecified atom stereocenters. The Balaban J connectivity index is 1.68. The van der Waals surface area contributed by atoms with Crippen LogP contribution in [0.15, 0.2) is 60.7 Å². The van der Waals surface area contributed by atoms with Crippen LogP contribution >= 0.6 is 0 Å². The van der Waals surface area contributed by atoms with Gasteiger partial charge in [-0.05, 0) is 47.9 Å². The minimum absolute atomic E-state index is 0.272. The van der Waals surface area contributed by atoms with E-state index < -0.39 is 8.56 Å². The van der Waals surface area contributed by atoms with Gasteiger partial charge in [0.05, 0.1) is 0 Å². The largest absolute Gasteiger partial charge is 0.407 e. The summed E-state index contributed by atoms with van der Waals surface area (Å²) in [6.45, 7) is 7.82. The van der Waals surface area contributed by atoms with Gasteiger partial charge < -0.3 is 8.85 Å². The van der Waals surface area contributed by atoms with E-state index in [4.69, 9.17) is 8.85 Å². The Kier molecular flexibility index (Phi) is 11.9. The van der Waals surface area contributed by atoms with Gasteiger partial charge in [0, 0.05) is 12.7 Å². The lowest BCUT2D eigenvalue weighted by molar-refractivity contribution is 0.0654. The van der Waals surface area contributed by atoms with E-state index in [0.29, 0.717) is 11.8 Å². The molecule has 1 saturated carbocycles. The minimum Gasteiger partial charge on any atom is -0.388 e. The molecule has 1 aliphatic carbocycles. The standard InChI is InChI=1S/C31H48O2Si/c1-4-5-6-7-8-9-10-11-18-23-32-34(30-19-14-12-15-20-30,31-21-16-13-17-22-31)33-29-25-27(2)24-28(3)26-29/h12-17,19-22,27-29H,4-11,18,23-26H2,1-3H3. The van der Waals surface area contributed by atoms with Crippen molar-refractivity contribution in [3.8, 4) is 0 Å². The zero-order valence-electron chi connectivity index (χ0n) is 22.0. The van der Waals surface area contributed by atoms with E-state index in [1.54, 1.807) is 0 Å². The van der Waals surface area contributed by atoms with Crippen molar-refractivity contribution >= 4 is 18.9 Å². The highest BCUT2D eigenvalue weighted by Crippen LogP contribution is 2.32. The molecule has 0 heterocycles. The van der Waals surface area contributed by atoms with Crippen molar-refractivity contribution in [1.29, 1.82) is 0 Å². The fourth-order valence-electron chi connectivity index (χ4n) is 5.65. The number of rotatable bonds is 15. The summed E-state index contributed by atoms with van der Waals surface area (Å²) in [4.78, 5) is 0. The van der Waals surface area contributed by atoms with Gasteiger partial charge in [-0.25, -0.2) is 0 Å². The molecule has 0 N–H and O–H groups in total. The van der Waals surface area contributed by atoms with Crippen LogP contribution in [0.25, 0.3) is 0 Å². The molecule has 1 fully saturated rings. The molecule has 3 rings (SSSR count). The Hall–Kier alpha value is -1.42. The smallest absolute Gasteiger partial charge is 0.388 e. The van der Waals surface area contributed by atoms with Gasteiger partial charge >= 0.3 is 8.56 Å². The molecular weight excluding hydrogens is 432 g/mol. The molecule has 1 aliphatic rings. The predicted octanol–water partition coefficient (Wildman–Crippen LogP) is 7.63. The molecule has 188 valence electrons. The van der Waals surface area contributed by atoms with Gasteiger partial charge in [-0.3, -0.25) is 0 Å². The minimum atomic E-state index is -2.78. The molecule has 0 saturated heterocycles. The van der Waals surface area contributed by atoms with Crippen LogP contribution < -0.4 is 10.4 Å². The van der Waals surface area contributed by atoms with E-state index >= 15 is 0 Å². The first-order valence-electron chi connectivity index (χ1n) is 14.1. The first-order chi connectivity index (χ1) is 16.6. The maximum absolute atomic E-state index is 7.19. The maximum atomic E-state index is 7.19. The fraction of sp³-hybridized carbons (Fsp3) is 0.613. The van der Waals surface area contributed by atoms with Crippen LogP contribution in [-0.4, -0.2) is 21.3 Å². The Morgan fingerprint density at radius 2 is 1.12 bits per heavy atom. The number of hydrogen-bond acceptors (Lipinski definition) is 2. The second kappa shape index (κ2) is 14.9. The Bertz CT molecular complexity index is 729. The third-order valence-electron chi connectivity index (χ3n) is 7.33. The summed E-state index contributed by atoms with van der Waals surface area (Å²) < 4.78 is 14.1. The highest BCUT2D eigenvalue weighted by molar-refractivity contribution is 6.92. The van der Waals surface area contributed by atoms with Gasteiger partial charge in [0.15, 0.2) is 0 Å². The third-order valence-corrected chi connectivity index (χ3v) is 10.8. The lowest BCUT2D eigenvalue weighted by Crippen LogP contribution is -2.65. The van der Waals surface area contributed by atoms with Crippen LogP contribution in [-0.2, 0) is 8.85 Å². The third kappa shape index (κ3) is 8.36. The molecule has 2 aromatic carbocycles. The Labute approximate surface area is 210 Å². The molecule has 34 heavy (non-hydrogen) atoms. The molecule has 0 radical (unpaired) electrons. The molecule has 0 amide bonds. The van der Waals surface area contributed by atoms with E-state index in [1.807, 2.05) is 0 Å². The first-order valence-corrected chi connectivity index (χ1v) is 15.9. The van der Waals surface area contributed by atoms with Crippen molar-refractivity contribution in [2.45, 2.75) is 104 Å². The molecule has 2 nitrogen and oxygen atoms in total. The molecule has 0 spiro atoms. The monoisotopic (exact) mass is 480 g/mol. The second-order valence-corrected chi connectivity index (χ2v) is 13.6. The molecule has 3 heteroatoms. The summed E-state index contributed by atoms with van der Waals surface area (Å²) in [5.41, 5.74) is 0. The molecule has 2 atom stereocenters. The average Bonchev–Trinajstić information content (AvgIpc) is 2.85. The number of benzene rings is 2. The van der Waals surface area contributed by atoms with E-state index in [9.17, 15) is 0 Å². The van der Waals surface area contributed by atoms with E-state index in [-0.39, 0.29) is 6.10 Å². The molecular formula is C31H48O2Si. The van der Waals surface area contributed by atoms with Gasteiger partial charge in [-0.1, -0.05) is 133 Å². The molecule has 0 aromatic heterocycles. The maximum Gasteiger partial charge on any atom is 0.407 e. The van der Waals surface area contributed by atoms with E-state index in [2.05, 4.69) is 81.4 Å². The van der Waals surface area contributed by atoms with Crippen LogP contribution in [0.4, 0.5) is 0 Å². The summed E-state index contributed by atoms with van der Waals surface area (Å²) in [5, 5.41) is 2.48. The lowest BCUT2D eigenvalue weighted by Gasteiger charge is -2.39. The van der Waals surface area contributed by atoms with Crippen molar-refractivity contribution < 1.29 is 8.85 Å². The number of unbranched alkanes of at least 4 members (excludes halogenated alkanes) is 8. The Morgan fingerprint density at radius 3 is 1.62 bits per heavy atom. The van der Waals surface area contributed by atoms with Crippen LogP contribution in [0.2, 0.25) is 0 Å². The van der Waals surface area contributed by atoms with Crippen molar-refractivity contribution in [3.63, 3.8) is 0 Å². The average molecular weight is 481 g/mol. The zero-order chi connectivity index (χ0) is 24.1. The summed E-state index contributed by atoms with van der Waals surface area (Å²) in [6.07, 6.45) is 15.8. The van der Waals surface area contributed by atoms with E-state index in [0.717, 1.165) is 25.9 Å². The molecule has 0 aliphatic heterocycles. The van der Waals surface area contributed by atoms with Crippen LogP contribution in [0, 0.1) is 11.8 Å². The highest BCUT2D eigenvalue weighted by Gasteiger charge is 2.45. The fourth-order valence-corrected chi connectivity index (χ4v) is 9.01. The van der Waals surface area contributed by atoms with E-state index in [1.165, 1.54) is 68.2 Å². The van der Waals surface area contributed by atoms with Crippen LogP contribution in [0.3, 0.4) is 0 Å². The molecule has 2 aromatic rings. The Morgan fingerprint density at radius 1 is 0.647 bits per heavy atom. The topological polar surface area (TPSA) is 18.5 Å². The summed E-state index contributed by atoms with van der Waals surface area (Å²) >= 11 is 0. The quantitative estimate of drug-likeness (QED) is 0.193. The zero-order valence-corrected chi connectivity index (χ0v) is 23.0. The van der Waals surface area contributed by atoms with Gasteiger partial charge in [0.1, 0.15) is 0 Å². The predicted molar refractivity (Wildman–Crippen MR) is 148 cm³/mol. The normalized spacial score (nSPS) is 21.0. The molecule has 0 bridgehead atoms. The first kappa shape index (κ1) is 27.2. The highest BCUT2D eigenvalue weighted by atomic mass is 28.4. The summed E-state index contributed by atoms with van der Waals surface area (Å²) in [7, 11) is -2.78. The van der Waals surface area contributed by atoms with Gasteiger partial charge in [-0.15, -0.1) is 0 Å². The van der Waals surface area contributed by atoms with Crippen molar-refractivity contribution in [1.82, 2.24) is 0 Å². The summed E-state index contributed by atoms with van der Waals surface area (Å²) in [6, 6.07) is 21.6. The van der Waals surface area contributed by atoms with Gasteiger partial charge in [0.2, 0.25) is 0 Å². The van der Waals surface area contributed by atoms with Crippen LogP contribution in [0.1, 0.15) is 97.8 Å².